The first-order valence-electron chi connectivity index (χ1n) is 4.28. The molecule has 0 aliphatic carbocycles. The van der Waals surface area contributed by atoms with Gasteiger partial charge in [0.25, 0.3) is 0 Å². The standard InChI is InChI=1S/C7H14N2O5S/c8-6(7(11)12)5(10)1-2-9-3-4-15(13)14/h6,9,15H,1-4,8H2,(H,11,12)/t6-/m0/s1. The van der Waals surface area contributed by atoms with Gasteiger partial charge < -0.3 is 16.2 Å². The van der Waals surface area contributed by atoms with E-state index < -0.39 is 28.5 Å². The Morgan fingerprint density at radius 2 is 1.93 bits per heavy atom. The zero-order chi connectivity index (χ0) is 11.8. The molecule has 0 radical (unpaired) electrons. The summed E-state index contributed by atoms with van der Waals surface area (Å²) in [5.41, 5.74) is 5.05. The van der Waals surface area contributed by atoms with Crippen LogP contribution in [0.25, 0.3) is 0 Å². The third-order valence-electron chi connectivity index (χ3n) is 1.63. The van der Waals surface area contributed by atoms with Gasteiger partial charge in [-0.1, -0.05) is 0 Å². The summed E-state index contributed by atoms with van der Waals surface area (Å²) in [6.07, 6.45) is -0.0247. The number of thiol groups is 1. The second-order valence-corrected chi connectivity index (χ2v) is 3.95. The van der Waals surface area contributed by atoms with Crippen molar-refractivity contribution in [2.24, 2.45) is 5.73 Å². The first-order chi connectivity index (χ1) is 6.95. The summed E-state index contributed by atoms with van der Waals surface area (Å²) in [6, 6.07) is -1.50. The molecule has 0 fully saturated rings. The molecule has 8 heteroatoms. The van der Waals surface area contributed by atoms with E-state index in [4.69, 9.17) is 10.8 Å². The Kier molecular flexibility index (Phi) is 6.84. The molecule has 0 aromatic rings. The molecule has 0 aliphatic heterocycles. The van der Waals surface area contributed by atoms with Gasteiger partial charge in [0.2, 0.25) is 0 Å². The zero-order valence-electron chi connectivity index (χ0n) is 8.01. The van der Waals surface area contributed by atoms with E-state index in [2.05, 4.69) is 5.32 Å². The van der Waals surface area contributed by atoms with E-state index in [0.717, 1.165) is 0 Å². The van der Waals surface area contributed by atoms with Crippen molar-refractivity contribution in [1.82, 2.24) is 5.32 Å². The Balaban J connectivity index is 3.60. The van der Waals surface area contributed by atoms with E-state index in [9.17, 15) is 18.0 Å². The van der Waals surface area contributed by atoms with E-state index >= 15 is 0 Å². The number of rotatable bonds is 8. The van der Waals surface area contributed by atoms with Gasteiger partial charge in [0.05, 0.1) is 5.75 Å². The fourth-order valence-electron chi connectivity index (χ4n) is 0.800. The van der Waals surface area contributed by atoms with Crippen LogP contribution in [0.15, 0.2) is 0 Å². The molecule has 0 heterocycles. The molecule has 0 saturated carbocycles. The van der Waals surface area contributed by atoms with Crippen LogP contribution in [0.5, 0.6) is 0 Å². The van der Waals surface area contributed by atoms with Gasteiger partial charge >= 0.3 is 5.97 Å². The second kappa shape index (κ2) is 7.32. The van der Waals surface area contributed by atoms with Crippen LogP contribution < -0.4 is 11.1 Å². The topological polar surface area (TPSA) is 127 Å². The van der Waals surface area contributed by atoms with Crippen molar-refractivity contribution in [3.05, 3.63) is 0 Å². The van der Waals surface area contributed by atoms with Crippen LogP contribution in [0.4, 0.5) is 0 Å². The first kappa shape index (κ1) is 14.0. The molecule has 0 saturated heterocycles. The van der Waals surface area contributed by atoms with Gasteiger partial charge in [-0.3, -0.25) is 9.59 Å². The quantitative estimate of drug-likeness (QED) is 0.210. The average molecular weight is 238 g/mol. The molecule has 0 aliphatic rings. The number of ketones is 1. The minimum absolute atomic E-state index is 0.00545. The SMILES string of the molecule is N[C@H](C(=O)O)C(=O)CCNCC[SH](=O)=O. The molecule has 15 heavy (non-hydrogen) atoms. The monoisotopic (exact) mass is 238 g/mol. The predicted molar refractivity (Wildman–Crippen MR) is 53.3 cm³/mol. The van der Waals surface area contributed by atoms with Crippen LogP contribution in [0.2, 0.25) is 0 Å². The molecule has 0 unspecified atom stereocenters. The van der Waals surface area contributed by atoms with Crippen LogP contribution in [-0.4, -0.2) is 50.2 Å². The minimum Gasteiger partial charge on any atom is -0.480 e. The van der Waals surface area contributed by atoms with E-state index in [1.54, 1.807) is 0 Å². The van der Waals surface area contributed by atoms with Crippen molar-refractivity contribution in [1.29, 1.82) is 0 Å². The maximum atomic E-state index is 11.0. The molecular weight excluding hydrogens is 224 g/mol. The van der Waals surface area contributed by atoms with Gasteiger partial charge in [-0.05, 0) is 0 Å². The maximum absolute atomic E-state index is 11.0. The van der Waals surface area contributed by atoms with Crippen molar-refractivity contribution in [2.45, 2.75) is 12.5 Å². The van der Waals surface area contributed by atoms with Crippen LogP contribution in [0.1, 0.15) is 6.42 Å². The number of carbonyl (C=O) groups is 2. The summed E-state index contributed by atoms with van der Waals surface area (Å²) in [5.74, 6) is -1.95. The summed E-state index contributed by atoms with van der Waals surface area (Å²) in [6.45, 7) is 0.470. The third-order valence-corrected chi connectivity index (χ3v) is 2.22. The largest absolute Gasteiger partial charge is 0.480 e. The van der Waals surface area contributed by atoms with Crippen molar-refractivity contribution in [3.63, 3.8) is 0 Å². The highest BCUT2D eigenvalue weighted by molar-refractivity contribution is 7.72. The number of hydrogen-bond donors (Lipinski definition) is 4. The van der Waals surface area contributed by atoms with Gasteiger partial charge in [-0.2, -0.15) is 0 Å². The van der Waals surface area contributed by atoms with Gasteiger partial charge in [0.15, 0.2) is 11.8 Å². The van der Waals surface area contributed by atoms with Crippen LogP contribution in [-0.2, 0) is 20.3 Å². The molecular formula is C7H14N2O5S. The van der Waals surface area contributed by atoms with Gasteiger partial charge in [-0.25, -0.2) is 8.42 Å². The Morgan fingerprint density at radius 3 is 2.40 bits per heavy atom. The summed E-state index contributed by atoms with van der Waals surface area (Å²) >= 11 is 0. The molecule has 4 N–H and O–H groups in total. The summed E-state index contributed by atoms with van der Waals surface area (Å²) < 4.78 is 20.3. The summed E-state index contributed by atoms with van der Waals surface area (Å²) in [5, 5.41) is 11.1. The van der Waals surface area contributed by atoms with Crippen LogP contribution in [0.3, 0.4) is 0 Å². The lowest BCUT2D eigenvalue weighted by atomic mass is 10.1. The van der Waals surface area contributed by atoms with Crippen molar-refractivity contribution >= 4 is 22.5 Å². The maximum Gasteiger partial charge on any atom is 0.328 e. The highest BCUT2D eigenvalue weighted by Crippen LogP contribution is 1.88. The predicted octanol–water partition coefficient (Wildman–Crippen LogP) is -2.44. The van der Waals surface area contributed by atoms with E-state index in [-0.39, 0.29) is 25.3 Å². The Hall–Kier alpha value is -0.990. The average Bonchev–Trinajstić information content (AvgIpc) is 2.15. The van der Waals surface area contributed by atoms with Gasteiger partial charge in [0, 0.05) is 19.5 Å². The highest BCUT2D eigenvalue weighted by Gasteiger charge is 2.19. The summed E-state index contributed by atoms with van der Waals surface area (Å²) in [4.78, 5) is 21.3. The fourth-order valence-corrected chi connectivity index (χ4v) is 1.14. The van der Waals surface area contributed by atoms with Gasteiger partial charge in [-0.15, -0.1) is 0 Å². The zero-order valence-corrected chi connectivity index (χ0v) is 8.90. The van der Waals surface area contributed by atoms with E-state index in [1.807, 2.05) is 0 Å². The molecule has 0 spiro atoms. The normalized spacial score (nSPS) is 12.7. The fraction of sp³-hybridized carbons (Fsp3) is 0.714. The van der Waals surface area contributed by atoms with Crippen molar-refractivity contribution in [3.8, 4) is 0 Å². The number of nitrogens with two attached hydrogens (primary N) is 1. The Bertz CT molecular complexity index is 294. The number of carboxylic acids is 1. The first-order valence-corrected chi connectivity index (χ1v) is 5.65. The van der Waals surface area contributed by atoms with Crippen LogP contribution in [0, 0.1) is 0 Å². The lowest BCUT2D eigenvalue weighted by Gasteiger charge is -2.05. The summed E-state index contributed by atoms with van der Waals surface area (Å²) in [7, 11) is -2.42. The number of carbonyl (C=O) groups excluding carboxylic acids is 1. The van der Waals surface area contributed by atoms with E-state index in [1.165, 1.54) is 0 Å². The van der Waals surface area contributed by atoms with Gasteiger partial charge in [0.1, 0.15) is 10.7 Å². The molecule has 1 atom stereocenters. The Labute approximate surface area is 88.6 Å². The molecule has 0 aromatic carbocycles. The Morgan fingerprint density at radius 1 is 1.33 bits per heavy atom. The third kappa shape index (κ3) is 7.00. The molecule has 88 valence electrons. The second-order valence-electron chi connectivity index (χ2n) is 2.84. The molecule has 0 amide bonds. The molecule has 0 aromatic heterocycles. The lowest BCUT2D eigenvalue weighted by Crippen LogP contribution is -2.39. The minimum atomic E-state index is -2.42. The lowest BCUT2D eigenvalue weighted by molar-refractivity contribution is -0.142. The van der Waals surface area contributed by atoms with Crippen LogP contribution >= 0.6 is 0 Å². The number of Topliss-reactive ketones (excluding diaryl/α,β-unsaturated/α-hetero) is 1. The number of nitrogens with one attached hydrogen (secondary N) is 1. The molecule has 7 nitrogen and oxygen atoms in total. The molecule has 0 bridgehead atoms. The highest BCUT2D eigenvalue weighted by atomic mass is 32.2. The van der Waals surface area contributed by atoms with Crippen molar-refractivity contribution in [2.75, 3.05) is 18.8 Å². The number of hydrogen-bond acceptors (Lipinski definition) is 6. The van der Waals surface area contributed by atoms with Crippen molar-refractivity contribution < 1.29 is 23.1 Å². The van der Waals surface area contributed by atoms with E-state index in [0.29, 0.717) is 0 Å². The number of carboxylic acid groups (broad SMARTS) is 1. The number of aliphatic carboxylic acids is 1. The smallest absolute Gasteiger partial charge is 0.328 e. The molecule has 0 rings (SSSR count).